The third-order valence-corrected chi connectivity index (χ3v) is 19.7. The first-order valence-electron chi connectivity index (χ1n) is 24.4. The van der Waals surface area contributed by atoms with Crippen LogP contribution in [-0.2, 0) is 12.8 Å². The number of fused-ring (bicyclic) bond motifs is 8. The summed E-state index contributed by atoms with van der Waals surface area (Å²) in [5.41, 5.74) is 12.9. The van der Waals surface area contributed by atoms with Gasteiger partial charge in [0, 0.05) is 44.5 Å². The fourth-order valence-corrected chi connectivity index (χ4v) is 17.0. The summed E-state index contributed by atoms with van der Waals surface area (Å²) >= 11 is 0. The van der Waals surface area contributed by atoms with Crippen molar-refractivity contribution < 1.29 is 0 Å². The molecular formula is C63H46N6Si. The summed E-state index contributed by atoms with van der Waals surface area (Å²) in [6.07, 6.45) is 4.64. The van der Waals surface area contributed by atoms with Crippen molar-refractivity contribution in [3.8, 4) is 34.2 Å². The molecule has 3 aromatic heterocycles. The minimum absolute atomic E-state index is 0.559. The molecule has 332 valence electrons. The van der Waals surface area contributed by atoms with E-state index in [2.05, 4.69) is 238 Å². The zero-order valence-electron chi connectivity index (χ0n) is 38.5. The molecule has 0 saturated carbocycles. The second-order valence-electron chi connectivity index (χ2n) is 18.6. The Labute approximate surface area is 407 Å². The number of aryl methyl sites for hydroxylation is 1. The molecular weight excluding hydrogens is 869 g/mol. The molecule has 0 bridgehead atoms. The van der Waals surface area contributed by atoms with E-state index in [0.29, 0.717) is 17.7 Å². The number of aromatic nitrogens is 5. The summed E-state index contributed by atoms with van der Waals surface area (Å²) in [6, 6.07) is 84.2. The second kappa shape index (κ2) is 16.3. The lowest BCUT2D eigenvalue weighted by Crippen LogP contribution is -2.77. The van der Waals surface area contributed by atoms with Gasteiger partial charge in [-0.25, -0.2) is 0 Å². The van der Waals surface area contributed by atoms with Crippen LogP contribution in [0.3, 0.4) is 0 Å². The molecule has 1 aliphatic heterocycles. The Morgan fingerprint density at radius 3 is 1.64 bits per heavy atom. The maximum atomic E-state index is 5.58. The Kier molecular flexibility index (Phi) is 9.39. The van der Waals surface area contributed by atoms with Crippen molar-refractivity contribution in [1.29, 1.82) is 0 Å². The zero-order chi connectivity index (χ0) is 46.2. The average Bonchev–Trinajstić information content (AvgIpc) is 3.96. The molecule has 4 heterocycles. The molecule has 14 rings (SSSR count). The van der Waals surface area contributed by atoms with Crippen LogP contribution >= 0.6 is 0 Å². The summed E-state index contributed by atoms with van der Waals surface area (Å²) < 4.78 is 4.74. The highest BCUT2D eigenvalue weighted by Crippen LogP contribution is 2.42. The van der Waals surface area contributed by atoms with Gasteiger partial charge in [0.15, 0.2) is 13.9 Å². The van der Waals surface area contributed by atoms with Gasteiger partial charge in [-0.15, -0.1) is 0 Å². The van der Waals surface area contributed by atoms with Crippen LogP contribution in [0.25, 0.3) is 66.9 Å². The van der Waals surface area contributed by atoms with Crippen molar-refractivity contribution in [1.82, 2.24) is 24.1 Å². The molecule has 0 unspecified atom stereocenters. The molecule has 6 nitrogen and oxygen atoms in total. The van der Waals surface area contributed by atoms with Crippen LogP contribution in [0.4, 0.5) is 17.3 Å². The van der Waals surface area contributed by atoms with Crippen molar-refractivity contribution in [3.05, 3.63) is 242 Å². The van der Waals surface area contributed by atoms with E-state index in [1.165, 1.54) is 72.6 Å². The van der Waals surface area contributed by atoms with Gasteiger partial charge in [0.1, 0.15) is 0 Å². The van der Waals surface area contributed by atoms with Crippen LogP contribution in [0.5, 0.6) is 0 Å². The SMILES string of the molecule is c1ccc(-c2nc(N3c4ccccc4[Si](c4ccccc4)(c4ccccc4)c4cc(-c5ccc6c7c(n(-c8ccccc8)c6c5)CCCC7)ccc43)nc(-n3c4ccccc4c4ccccc43)n2)cc1. The molecule has 9 aromatic carbocycles. The number of anilines is 3. The van der Waals surface area contributed by atoms with Crippen LogP contribution in [0.1, 0.15) is 24.1 Å². The van der Waals surface area contributed by atoms with E-state index in [1.54, 1.807) is 0 Å². The summed E-state index contributed by atoms with van der Waals surface area (Å²) in [6.45, 7) is 0. The molecule has 12 aromatic rings. The minimum Gasteiger partial charge on any atom is -0.313 e. The Balaban J connectivity index is 1.06. The highest BCUT2D eigenvalue weighted by Gasteiger charge is 2.49. The van der Waals surface area contributed by atoms with Crippen LogP contribution in [0.2, 0.25) is 0 Å². The lowest BCUT2D eigenvalue weighted by atomic mass is 9.95. The summed E-state index contributed by atoms with van der Waals surface area (Å²) in [5, 5.41) is 8.86. The van der Waals surface area contributed by atoms with E-state index < -0.39 is 8.07 Å². The predicted molar refractivity (Wildman–Crippen MR) is 290 cm³/mol. The van der Waals surface area contributed by atoms with Gasteiger partial charge >= 0.3 is 0 Å². The van der Waals surface area contributed by atoms with Crippen LogP contribution < -0.4 is 25.6 Å². The monoisotopic (exact) mass is 914 g/mol. The average molecular weight is 915 g/mol. The van der Waals surface area contributed by atoms with Gasteiger partial charge in [-0.3, -0.25) is 9.47 Å². The molecule has 1 aliphatic carbocycles. The molecule has 2 aliphatic rings. The predicted octanol–water partition coefficient (Wildman–Crippen LogP) is 12.3. The van der Waals surface area contributed by atoms with Gasteiger partial charge < -0.3 is 4.57 Å². The number of hydrogen-bond donors (Lipinski definition) is 0. The van der Waals surface area contributed by atoms with Gasteiger partial charge in [-0.2, -0.15) is 15.0 Å². The fraction of sp³-hybridized carbons (Fsp3) is 0.0635. The lowest BCUT2D eigenvalue weighted by molar-refractivity contribution is 0.667. The largest absolute Gasteiger partial charge is 0.313 e. The van der Waals surface area contributed by atoms with Crippen molar-refractivity contribution in [2.45, 2.75) is 25.7 Å². The second-order valence-corrected chi connectivity index (χ2v) is 22.3. The standard InChI is InChI=1S/C63H46N6Si/c1-5-21-43(22-6-1)61-64-62(68-54-33-17-14-29-49(54)50-30-15-18-34-55(50)68)66-63(65-61)69-56-35-19-20-36-59(56)70(47-25-9-3-10-26-47,48-27-11-4-12-28-48)60-42-45(38-40-57(60)69)44-37-39-52-51-31-13-16-32-53(51)67(58(52)41-44)46-23-7-2-8-24-46/h1-12,14-15,17-30,33-42H,13,16,31-32H2. The molecule has 0 N–H and O–H groups in total. The van der Waals surface area contributed by atoms with E-state index in [-0.39, 0.29) is 0 Å². The zero-order valence-corrected chi connectivity index (χ0v) is 39.5. The van der Waals surface area contributed by atoms with E-state index in [0.717, 1.165) is 51.6 Å². The van der Waals surface area contributed by atoms with Crippen molar-refractivity contribution in [2.24, 2.45) is 0 Å². The first-order chi connectivity index (χ1) is 34.7. The number of hydrogen-bond acceptors (Lipinski definition) is 4. The number of benzene rings is 9. The van der Waals surface area contributed by atoms with Gasteiger partial charge in [0.25, 0.3) is 0 Å². The quantitative estimate of drug-likeness (QED) is 0.150. The van der Waals surface area contributed by atoms with Crippen molar-refractivity contribution >= 4 is 78.9 Å². The van der Waals surface area contributed by atoms with E-state index >= 15 is 0 Å². The Hall–Kier alpha value is -8.65. The van der Waals surface area contributed by atoms with Crippen LogP contribution in [-0.4, -0.2) is 32.2 Å². The maximum Gasteiger partial charge on any atom is 0.240 e. The van der Waals surface area contributed by atoms with Crippen molar-refractivity contribution in [3.63, 3.8) is 0 Å². The Bertz CT molecular complexity index is 3860. The molecule has 0 amide bonds. The molecule has 0 spiro atoms. The van der Waals surface area contributed by atoms with Gasteiger partial charge in [0.2, 0.25) is 11.9 Å². The topological polar surface area (TPSA) is 51.8 Å². The summed E-state index contributed by atoms with van der Waals surface area (Å²) in [7, 11) is -3.08. The van der Waals surface area contributed by atoms with E-state index in [9.17, 15) is 0 Å². The van der Waals surface area contributed by atoms with Gasteiger partial charge in [-0.05, 0) is 106 Å². The Morgan fingerprint density at radius 1 is 0.371 bits per heavy atom. The third kappa shape index (κ3) is 6.14. The fourth-order valence-electron chi connectivity index (χ4n) is 11.9. The molecule has 0 radical (unpaired) electrons. The molecule has 0 atom stereocenters. The lowest BCUT2D eigenvalue weighted by Gasteiger charge is -2.44. The van der Waals surface area contributed by atoms with E-state index in [1.807, 2.05) is 6.07 Å². The first-order valence-corrected chi connectivity index (χ1v) is 26.4. The molecule has 0 saturated heterocycles. The van der Waals surface area contributed by atoms with Crippen molar-refractivity contribution in [2.75, 3.05) is 4.90 Å². The molecule has 7 heteroatoms. The van der Waals surface area contributed by atoms with E-state index in [4.69, 9.17) is 15.0 Å². The third-order valence-electron chi connectivity index (χ3n) is 14.8. The summed E-state index contributed by atoms with van der Waals surface area (Å²) in [5.74, 6) is 1.73. The minimum atomic E-state index is -3.08. The summed E-state index contributed by atoms with van der Waals surface area (Å²) in [4.78, 5) is 18.7. The molecule has 70 heavy (non-hydrogen) atoms. The van der Waals surface area contributed by atoms with Crippen LogP contribution in [0, 0.1) is 0 Å². The highest BCUT2D eigenvalue weighted by molar-refractivity contribution is 7.21. The van der Waals surface area contributed by atoms with Gasteiger partial charge in [-0.1, -0.05) is 188 Å². The number of rotatable bonds is 7. The number of nitrogens with zero attached hydrogens (tertiary/aromatic N) is 6. The first kappa shape index (κ1) is 40.4. The highest BCUT2D eigenvalue weighted by atomic mass is 28.3. The maximum absolute atomic E-state index is 5.58. The smallest absolute Gasteiger partial charge is 0.240 e. The van der Waals surface area contributed by atoms with Gasteiger partial charge in [0.05, 0.1) is 16.6 Å². The molecule has 0 fully saturated rings. The number of para-hydroxylation sites is 4. The Morgan fingerprint density at radius 2 is 0.929 bits per heavy atom. The van der Waals surface area contributed by atoms with Crippen LogP contribution in [0.15, 0.2) is 231 Å². The normalized spacial score (nSPS) is 13.9.